The minimum absolute atomic E-state index is 0.129. The number of hydrogen-bond acceptors (Lipinski definition) is 7. The van der Waals surface area contributed by atoms with Crippen molar-refractivity contribution >= 4 is 11.8 Å². The van der Waals surface area contributed by atoms with E-state index in [-0.39, 0.29) is 12.1 Å². The van der Waals surface area contributed by atoms with Gasteiger partial charge in [-0.3, -0.25) is 4.68 Å². The molecule has 2 aromatic rings. The molecule has 1 aliphatic heterocycles. The highest BCUT2D eigenvalue weighted by Crippen LogP contribution is 2.31. The van der Waals surface area contributed by atoms with E-state index in [9.17, 15) is 0 Å². The lowest BCUT2D eigenvalue weighted by Gasteiger charge is -2.29. The van der Waals surface area contributed by atoms with Gasteiger partial charge in [-0.15, -0.1) is 0 Å². The molecule has 1 fully saturated rings. The third-order valence-electron chi connectivity index (χ3n) is 5.71. The lowest BCUT2D eigenvalue weighted by molar-refractivity contribution is 0.0921. The highest BCUT2D eigenvalue weighted by Gasteiger charge is 2.36. The average molecular weight is 371 g/mol. The number of hydrogen-bond donors (Lipinski definition) is 1. The Kier molecular flexibility index (Phi) is 5.01. The van der Waals surface area contributed by atoms with E-state index in [0.717, 1.165) is 37.7 Å². The molecule has 4 rings (SSSR count). The maximum atomic E-state index is 5.81. The molecule has 0 saturated carbocycles. The van der Waals surface area contributed by atoms with Gasteiger partial charge in [0, 0.05) is 64.8 Å². The molecule has 3 atom stereocenters. The van der Waals surface area contributed by atoms with Crippen molar-refractivity contribution < 1.29 is 4.74 Å². The highest BCUT2D eigenvalue weighted by molar-refractivity contribution is 5.45. The van der Waals surface area contributed by atoms with Crippen molar-refractivity contribution in [2.45, 2.75) is 37.5 Å². The highest BCUT2D eigenvalue weighted by atomic mass is 16.5. The lowest BCUT2D eigenvalue weighted by atomic mass is 9.92. The van der Waals surface area contributed by atoms with Crippen LogP contribution in [0.4, 0.5) is 11.8 Å². The SMILES string of the molecule is CO[C@@H]1CN(c2ccnc(N(C)C)n2)C[C@@H]1NC1CCCc2c1cnn2C. The first-order valence-corrected chi connectivity index (χ1v) is 9.61. The minimum Gasteiger partial charge on any atom is -0.378 e. The van der Waals surface area contributed by atoms with Gasteiger partial charge < -0.3 is 19.9 Å². The van der Waals surface area contributed by atoms with Gasteiger partial charge in [-0.25, -0.2) is 4.98 Å². The molecule has 8 nitrogen and oxygen atoms in total. The first kappa shape index (κ1) is 18.2. The van der Waals surface area contributed by atoms with Crippen LogP contribution in [0.15, 0.2) is 18.5 Å². The standard InChI is InChI=1S/C19H29N7O/c1-24(2)19-20-9-8-18(23-19)26-11-15(17(12-26)27-4)22-14-6-5-7-16-13(14)10-21-25(16)3/h8-10,14-15,17,22H,5-7,11-12H2,1-4H3/t14?,15-,17+/m0/s1. The summed E-state index contributed by atoms with van der Waals surface area (Å²) in [5.74, 6) is 1.68. The van der Waals surface area contributed by atoms with E-state index in [0.29, 0.717) is 6.04 Å². The van der Waals surface area contributed by atoms with Crippen molar-refractivity contribution in [2.75, 3.05) is 44.1 Å². The molecule has 1 unspecified atom stereocenters. The number of aromatic nitrogens is 4. The number of fused-ring (bicyclic) bond motifs is 1. The molecule has 0 aromatic carbocycles. The number of nitrogens with one attached hydrogen (secondary N) is 1. The molecule has 2 aromatic heterocycles. The van der Waals surface area contributed by atoms with E-state index >= 15 is 0 Å². The molecule has 1 saturated heterocycles. The zero-order chi connectivity index (χ0) is 19.0. The molecule has 3 heterocycles. The lowest BCUT2D eigenvalue weighted by Crippen LogP contribution is -2.43. The fourth-order valence-corrected chi connectivity index (χ4v) is 4.23. The van der Waals surface area contributed by atoms with E-state index in [4.69, 9.17) is 4.74 Å². The molecular weight excluding hydrogens is 342 g/mol. The van der Waals surface area contributed by atoms with Crippen molar-refractivity contribution in [1.29, 1.82) is 0 Å². The number of rotatable bonds is 5. The van der Waals surface area contributed by atoms with Gasteiger partial charge in [-0.05, 0) is 25.3 Å². The van der Waals surface area contributed by atoms with E-state index in [1.807, 2.05) is 49.2 Å². The number of methoxy groups -OCH3 is 1. The molecule has 8 heteroatoms. The molecular formula is C19H29N7O. The maximum Gasteiger partial charge on any atom is 0.226 e. The van der Waals surface area contributed by atoms with E-state index in [1.165, 1.54) is 17.7 Å². The van der Waals surface area contributed by atoms with Crippen LogP contribution < -0.4 is 15.1 Å². The van der Waals surface area contributed by atoms with Gasteiger partial charge in [0.2, 0.25) is 5.95 Å². The molecule has 27 heavy (non-hydrogen) atoms. The summed E-state index contributed by atoms with van der Waals surface area (Å²) in [5.41, 5.74) is 2.70. The summed E-state index contributed by atoms with van der Waals surface area (Å²) >= 11 is 0. The van der Waals surface area contributed by atoms with Crippen LogP contribution >= 0.6 is 0 Å². The molecule has 146 valence electrons. The van der Waals surface area contributed by atoms with Gasteiger partial charge >= 0.3 is 0 Å². The maximum absolute atomic E-state index is 5.81. The summed E-state index contributed by atoms with van der Waals surface area (Å²) in [6, 6.07) is 2.57. The van der Waals surface area contributed by atoms with Gasteiger partial charge in [-0.1, -0.05) is 0 Å². The second-order valence-electron chi connectivity index (χ2n) is 7.68. The van der Waals surface area contributed by atoms with Crippen LogP contribution in [0.2, 0.25) is 0 Å². The largest absolute Gasteiger partial charge is 0.378 e. The van der Waals surface area contributed by atoms with Crippen LogP contribution in [-0.4, -0.2) is 66.2 Å². The second kappa shape index (κ2) is 7.44. The summed E-state index contributed by atoms with van der Waals surface area (Å²) in [6.07, 6.45) is 7.42. The Morgan fingerprint density at radius 2 is 2.15 bits per heavy atom. The smallest absolute Gasteiger partial charge is 0.226 e. The summed E-state index contributed by atoms with van der Waals surface area (Å²) in [7, 11) is 7.75. The van der Waals surface area contributed by atoms with E-state index < -0.39 is 0 Å². The van der Waals surface area contributed by atoms with Crippen LogP contribution in [0.1, 0.15) is 30.1 Å². The number of anilines is 2. The molecule has 0 radical (unpaired) electrons. The van der Waals surface area contributed by atoms with Gasteiger partial charge in [0.1, 0.15) is 5.82 Å². The van der Waals surface area contributed by atoms with E-state index in [2.05, 4.69) is 25.3 Å². The predicted molar refractivity (Wildman–Crippen MR) is 105 cm³/mol. The molecule has 0 amide bonds. The Bertz CT molecular complexity index is 790. The summed E-state index contributed by atoms with van der Waals surface area (Å²) in [5, 5.41) is 8.32. The third kappa shape index (κ3) is 3.51. The first-order chi connectivity index (χ1) is 13.1. The van der Waals surface area contributed by atoms with Gasteiger partial charge in [0.25, 0.3) is 0 Å². The molecule has 1 aliphatic carbocycles. The number of ether oxygens (including phenoxy) is 1. The molecule has 2 aliphatic rings. The Balaban J connectivity index is 1.50. The minimum atomic E-state index is 0.129. The van der Waals surface area contributed by atoms with Crippen molar-refractivity contribution in [3.63, 3.8) is 0 Å². The van der Waals surface area contributed by atoms with Gasteiger partial charge in [-0.2, -0.15) is 10.1 Å². The number of nitrogens with zero attached hydrogens (tertiary/aromatic N) is 6. The van der Waals surface area contributed by atoms with Crippen molar-refractivity contribution in [3.05, 3.63) is 29.7 Å². The Morgan fingerprint density at radius 3 is 2.93 bits per heavy atom. The third-order valence-corrected chi connectivity index (χ3v) is 5.71. The molecule has 1 N–H and O–H groups in total. The van der Waals surface area contributed by atoms with Crippen molar-refractivity contribution in [1.82, 2.24) is 25.1 Å². The van der Waals surface area contributed by atoms with Crippen LogP contribution in [-0.2, 0) is 18.2 Å². The fourth-order valence-electron chi connectivity index (χ4n) is 4.23. The monoisotopic (exact) mass is 371 g/mol. The fraction of sp³-hybridized carbons (Fsp3) is 0.632. The zero-order valence-corrected chi connectivity index (χ0v) is 16.6. The molecule has 0 bridgehead atoms. The topological polar surface area (TPSA) is 71.3 Å². The van der Waals surface area contributed by atoms with Crippen molar-refractivity contribution in [3.8, 4) is 0 Å². The Morgan fingerprint density at radius 1 is 1.30 bits per heavy atom. The van der Waals surface area contributed by atoms with Gasteiger partial charge in [0.15, 0.2) is 0 Å². The number of aryl methyl sites for hydroxylation is 1. The Hall–Kier alpha value is -2.19. The predicted octanol–water partition coefficient (Wildman–Crippen LogP) is 1.15. The second-order valence-corrected chi connectivity index (χ2v) is 7.68. The van der Waals surface area contributed by atoms with Crippen LogP contribution in [0.3, 0.4) is 0 Å². The normalized spacial score (nSPS) is 24.9. The van der Waals surface area contributed by atoms with E-state index in [1.54, 1.807) is 7.11 Å². The quantitative estimate of drug-likeness (QED) is 0.845. The summed E-state index contributed by atoms with van der Waals surface area (Å²) in [4.78, 5) is 13.2. The summed E-state index contributed by atoms with van der Waals surface area (Å²) in [6.45, 7) is 1.69. The van der Waals surface area contributed by atoms with Gasteiger partial charge in [0.05, 0.1) is 18.3 Å². The van der Waals surface area contributed by atoms with Crippen LogP contribution in [0.25, 0.3) is 0 Å². The Labute approximate surface area is 160 Å². The first-order valence-electron chi connectivity index (χ1n) is 9.61. The average Bonchev–Trinajstić information content (AvgIpc) is 3.26. The van der Waals surface area contributed by atoms with Crippen molar-refractivity contribution in [2.24, 2.45) is 7.05 Å². The van der Waals surface area contributed by atoms with Crippen LogP contribution in [0, 0.1) is 0 Å². The molecule has 0 spiro atoms. The zero-order valence-electron chi connectivity index (χ0n) is 16.6. The van der Waals surface area contributed by atoms with Crippen LogP contribution in [0.5, 0.6) is 0 Å². The summed E-state index contributed by atoms with van der Waals surface area (Å²) < 4.78 is 7.82.